The van der Waals surface area contributed by atoms with Crippen LogP contribution in [0.2, 0.25) is 0 Å². The number of aryl methyl sites for hydroxylation is 2. The molecule has 7 heteroatoms. The number of nitrogens with one attached hydrogen (secondary N) is 1. The predicted octanol–water partition coefficient (Wildman–Crippen LogP) is 5.03. The van der Waals surface area contributed by atoms with Gasteiger partial charge in [0, 0.05) is 29.4 Å². The summed E-state index contributed by atoms with van der Waals surface area (Å²) in [6, 6.07) is 8.50. The molecule has 0 spiro atoms. The summed E-state index contributed by atoms with van der Waals surface area (Å²) >= 11 is 0. The molecule has 0 unspecified atom stereocenters. The van der Waals surface area contributed by atoms with E-state index in [4.69, 9.17) is 14.7 Å². The van der Waals surface area contributed by atoms with E-state index in [9.17, 15) is 0 Å². The average molecular weight is 453 g/mol. The quantitative estimate of drug-likeness (QED) is 0.460. The van der Waals surface area contributed by atoms with Crippen molar-refractivity contribution in [2.75, 3.05) is 18.1 Å². The molecule has 4 aromatic rings. The second-order valence-electron chi connectivity index (χ2n) is 9.97. The van der Waals surface area contributed by atoms with Crippen molar-refractivity contribution in [3.63, 3.8) is 0 Å². The van der Waals surface area contributed by atoms with E-state index < -0.39 is 0 Å². The number of nitrogens with zero attached hydrogens (tertiary/aromatic N) is 5. The van der Waals surface area contributed by atoms with Crippen molar-refractivity contribution < 1.29 is 4.74 Å². The van der Waals surface area contributed by atoms with Crippen LogP contribution in [0.4, 0.5) is 5.82 Å². The topological polar surface area (TPSA) is 79.8 Å². The Morgan fingerprint density at radius 2 is 1.94 bits per heavy atom. The lowest BCUT2D eigenvalue weighted by Crippen LogP contribution is -2.30. The maximum Gasteiger partial charge on any atom is 0.177 e. The lowest BCUT2D eigenvalue weighted by atomic mass is 9.81. The van der Waals surface area contributed by atoms with Crippen molar-refractivity contribution in [3.8, 4) is 16.9 Å². The highest BCUT2D eigenvalue weighted by atomic mass is 16.5. The molecule has 0 atom stereocenters. The van der Waals surface area contributed by atoms with E-state index in [0.29, 0.717) is 6.61 Å². The first-order chi connectivity index (χ1) is 16.3. The molecule has 0 amide bonds. The van der Waals surface area contributed by atoms with E-state index in [0.717, 1.165) is 76.3 Å². The number of hydrogen-bond donors (Lipinski definition) is 1. The number of aromatic amines is 1. The fourth-order valence-electron chi connectivity index (χ4n) is 4.92. The number of benzene rings is 1. The van der Waals surface area contributed by atoms with Crippen LogP contribution in [0.5, 0.6) is 5.75 Å². The van der Waals surface area contributed by atoms with Gasteiger partial charge in [-0.25, -0.2) is 19.9 Å². The first kappa shape index (κ1) is 20.8. The number of H-pyrrole nitrogens is 1. The van der Waals surface area contributed by atoms with Gasteiger partial charge >= 0.3 is 0 Å². The summed E-state index contributed by atoms with van der Waals surface area (Å²) in [5, 5.41) is 0. The van der Waals surface area contributed by atoms with Gasteiger partial charge in [0.1, 0.15) is 29.8 Å². The van der Waals surface area contributed by atoms with Crippen LogP contribution >= 0.6 is 0 Å². The monoisotopic (exact) mass is 452 g/mol. The molecule has 1 aliphatic carbocycles. The van der Waals surface area contributed by atoms with Gasteiger partial charge in [-0.3, -0.25) is 0 Å². The third-order valence-electron chi connectivity index (χ3n) is 6.58. The van der Waals surface area contributed by atoms with Gasteiger partial charge in [-0.2, -0.15) is 0 Å². The zero-order chi connectivity index (χ0) is 23.4. The summed E-state index contributed by atoms with van der Waals surface area (Å²) in [6.45, 7) is 10.6. The number of imidazole rings is 1. The van der Waals surface area contributed by atoms with Crippen LogP contribution < -0.4 is 9.64 Å². The molecule has 2 aliphatic rings. The van der Waals surface area contributed by atoms with E-state index in [2.05, 4.69) is 70.1 Å². The van der Waals surface area contributed by atoms with Gasteiger partial charge in [-0.1, -0.05) is 26.0 Å². The normalized spacial score (nSPS) is 16.6. The Bertz CT molecular complexity index is 1450. The van der Waals surface area contributed by atoms with E-state index in [-0.39, 0.29) is 5.41 Å². The molecule has 0 saturated heterocycles. The highest BCUT2D eigenvalue weighted by molar-refractivity contribution is 5.78. The van der Waals surface area contributed by atoms with Gasteiger partial charge in [-0.05, 0) is 55.5 Å². The Balaban J connectivity index is 1.38. The SMILES string of the molecule is Cc1nc2c(c(N3CCOc4ccc(-c5cnc6nc(C)[nH]c6c5)cc4C3)n1)CC(C)(C)C=C2. The molecule has 1 aromatic carbocycles. The molecular weight excluding hydrogens is 424 g/mol. The Labute approximate surface area is 199 Å². The average Bonchev–Trinajstić information content (AvgIpc) is 3.04. The van der Waals surface area contributed by atoms with Crippen LogP contribution in [-0.2, 0) is 13.0 Å². The molecule has 172 valence electrons. The summed E-state index contributed by atoms with van der Waals surface area (Å²) in [5.74, 6) is 3.62. The van der Waals surface area contributed by atoms with Crippen LogP contribution in [-0.4, -0.2) is 38.1 Å². The molecule has 6 rings (SSSR count). The van der Waals surface area contributed by atoms with Gasteiger partial charge in [0.15, 0.2) is 5.65 Å². The number of hydrogen-bond acceptors (Lipinski definition) is 6. The standard InChI is InChI=1S/C27H28N6O/c1-16-30-23-12-19(14-28-25(23)31-16)18-5-6-24-20(11-18)15-33(9-10-34-24)26-21-13-27(3,4)8-7-22(21)29-17(2)32-26/h5-8,11-12,14H,9-10,13,15H2,1-4H3,(H,28,30,31). The maximum atomic E-state index is 6.15. The zero-order valence-corrected chi connectivity index (χ0v) is 20.0. The number of ether oxygens (including phenoxy) is 1. The van der Waals surface area contributed by atoms with Crippen LogP contribution in [0.1, 0.15) is 42.3 Å². The third-order valence-corrected chi connectivity index (χ3v) is 6.58. The minimum Gasteiger partial charge on any atom is -0.491 e. The summed E-state index contributed by atoms with van der Waals surface area (Å²) < 4.78 is 6.15. The molecule has 0 radical (unpaired) electrons. The number of fused-ring (bicyclic) bond motifs is 3. The summed E-state index contributed by atoms with van der Waals surface area (Å²) in [4.78, 5) is 24.2. The fraction of sp³-hybridized carbons (Fsp3) is 0.333. The first-order valence-electron chi connectivity index (χ1n) is 11.7. The second kappa shape index (κ2) is 7.65. The number of rotatable bonds is 2. The molecule has 1 aliphatic heterocycles. The molecule has 0 fully saturated rings. The van der Waals surface area contributed by atoms with Crippen LogP contribution in [0, 0.1) is 19.3 Å². The van der Waals surface area contributed by atoms with Crippen LogP contribution in [0.3, 0.4) is 0 Å². The third kappa shape index (κ3) is 3.71. The van der Waals surface area contributed by atoms with Crippen molar-refractivity contribution >= 4 is 23.1 Å². The van der Waals surface area contributed by atoms with Crippen LogP contribution in [0.25, 0.3) is 28.4 Å². The molecule has 3 aromatic heterocycles. The molecule has 0 bridgehead atoms. The highest BCUT2D eigenvalue weighted by Gasteiger charge is 2.28. The Morgan fingerprint density at radius 3 is 2.82 bits per heavy atom. The van der Waals surface area contributed by atoms with Gasteiger partial charge in [-0.15, -0.1) is 0 Å². The number of pyridine rings is 1. The number of aromatic nitrogens is 5. The largest absolute Gasteiger partial charge is 0.491 e. The first-order valence-corrected chi connectivity index (χ1v) is 11.7. The molecule has 7 nitrogen and oxygen atoms in total. The molecule has 34 heavy (non-hydrogen) atoms. The van der Waals surface area contributed by atoms with E-state index in [1.807, 2.05) is 20.0 Å². The lowest BCUT2D eigenvalue weighted by molar-refractivity contribution is 0.331. The summed E-state index contributed by atoms with van der Waals surface area (Å²) in [6.07, 6.45) is 7.22. The van der Waals surface area contributed by atoms with Gasteiger partial charge in [0.25, 0.3) is 0 Å². The summed E-state index contributed by atoms with van der Waals surface area (Å²) in [5.41, 5.74) is 7.34. The van der Waals surface area contributed by atoms with Crippen LogP contribution in [0.15, 0.2) is 36.5 Å². The summed E-state index contributed by atoms with van der Waals surface area (Å²) in [7, 11) is 0. The predicted molar refractivity (Wildman–Crippen MR) is 134 cm³/mol. The molecule has 4 heterocycles. The van der Waals surface area contributed by atoms with E-state index in [1.165, 1.54) is 5.56 Å². The minimum absolute atomic E-state index is 0.0878. The zero-order valence-electron chi connectivity index (χ0n) is 20.0. The Kier molecular flexibility index (Phi) is 4.69. The number of anilines is 1. The lowest BCUT2D eigenvalue weighted by Gasteiger charge is -2.31. The van der Waals surface area contributed by atoms with Crippen molar-refractivity contribution in [2.45, 2.75) is 40.7 Å². The van der Waals surface area contributed by atoms with Crippen molar-refractivity contribution in [2.24, 2.45) is 5.41 Å². The fourth-order valence-corrected chi connectivity index (χ4v) is 4.92. The highest BCUT2D eigenvalue weighted by Crippen LogP contribution is 2.37. The molecule has 1 N–H and O–H groups in total. The molecule has 0 saturated carbocycles. The van der Waals surface area contributed by atoms with Crippen molar-refractivity contribution in [1.82, 2.24) is 24.9 Å². The molecular formula is C27H28N6O. The number of allylic oxidation sites excluding steroid dienone is 1. The minimum atomic E-state index is 0.0878. The van der Waals surface area contributed by atoms with Crippen molar-refractivity contribution in [3.05, 3.63) is 65.0 Å². The van der Waals surface area contributed by atoms with E-state index >= 15 is 0 Å². The second-order valence-corrected chi connectivity index (χ2v) is 9.97. The Morgan fingerprint density at radius 1 is 1.06 bits per heavy atom. The van der Waals surface area contributed by atoms with Gasteiger partial charge in [0.05, 0.1) is 17.8 Å². The van der Waals surface area contributed by atoms with Crippen molar-refractivity contribution in [1.29, 1.82) is 0 Å². The van der Waals surface area contributed by atoms with Gasteiger partial charge in [0.2, 0.25) is 0 Å². The van der Waals surface area contributed by atoms with E-state index in [1.54, 1.807) is 0 Å². The smallest absolute Gasteiger partial charge is 0.177 e. The Hall–Kier alpha value is -3.74. The van der Waals surface area contributed by atoms with Gasteiger partial charge < -0.3 is 14.6 Å². The maximum absolute atomic E-state index is 6.15.